The number of nitrogens with one attached hydrogen (secondary N) is 1. The molecule has 1 aliphatic heterocycles. The number of hydrogen-bond acceptors (Lipinski definition) is 2. The molecule has 0 saturated carbocycles. The fraction of sp³-hybridized carbons (Fsp3) is 0.368. The molecule has 5 heteroatoms. The van der Waals surface area contributed by atoms with Gasteiger partial charge in [0.2, 0.25) is 0 Å². The number of likely N-dealkylation sites (tertiary alicyclic amines) is 1. The van der Waals surface area contributed by atoms with Gasteiger partial charge in [-0.1, -0.05) is 12.1 Å². The maximum absolute atomic E-state index is 13.2. The monoisotopic (exact) mass is 328 g/mol. The zero-order valence-electron chi connectivity index (χ0n) is 14.1. The Hall–Kier alpha value is -2.43. The van der Waals surface area contributed by atoms with Crippen molar-refractivity contribution in [3.63, 3.8) is 0 Å². The maximum Gasteiger partial charge on any atom is 0.271 e. The van der Waals surface area contributed by atoms with Gasteiger partial charge in [-0.25, -0.2) is 4.39 Å². The van der Waals surface area contributed by atoms with Crippen LogP contribution in [0.25, 0.3) is 0 Å². The number of halogens is 1. The van der Waals surface area contributed by atoms with Crippen LogP contribution in [0.2, 0.25) is 0 Å². The molecule has 1 atom stereocenters. The van der Waals surface area contributed by atoms with Crippen molar-refractivity contribution in [1.82, 2.24) is 9.88 Å². The molecule has 1 N–H and O–H groups in total. The van der Waals surface area contributed by atoms with Gasteiger partial charge in [0.25, 0.3) is 5.91 Å². The highest BCUT2D eigenvalue weighted by molar-refractivity contribution is 6.02. The molecule has 0 aliphatic carbocycles. The molecule has 0 bridgehead atoms. The Bertz CT molecular complexity index is 792. The van der Waals surface area contributed by atoms with Crippen LogP contribution in [-0.2, 0) is 0 Å². The first-order valence-corrected chi connectivity index (χ1v) is 8.16. The van der Waals surface area contributed by atoms with E-state index >= 15 is 0 Å². The van der Waals surface area contributed by atoms with Gasteiger partial charge >= 0.3 is 0 Å². The number of carbonyl (C=O) groups is 2. The summed E-state index contributed by atoms with van der Waals surface area (Å²) >= 11 is 0. The molecule has 2 heterocycles. The van der Waals surface area contributed by atoms with Crippen molar-refractivity contribution in [1.29, 1.82) is 0 Å². The Kier molecular flexibility index (Phi) is 4.26. The smallest absolute Gasteiger partial charge is 0.271 e. The van der Waals surface area contributed by atoms with Crippen molar-refractivity contribution >= 4 is 11.7 Å². The highest BCUT2D eigenvalue weighted by Crippen LogP contribution is 2.34. The van der Waals surface area contributed by atoms with Crippen LogP contribution in [0.4, 0.5) is 4.39 Å². The van der Waals surface area contributed by atoms with Gasteiger partial charge in [-0.2, -0.15) is 0 Å². The quantitative estimate of drug-likeness (QED) is 0.867. The molecule has 2 aromatic rings. The summed E-state index contributed by atoms with van der Waals surface area (Å²) in [5, 5.41) is 0. The second kappa shape index (κ2) is 6.23. The molecule has 1 aromatic heterocycles. The molecular weight excluding hydrogens is 307 g/mol. The van der Waals surface area contributed by atoms with Gasteiger partial charge in [-0.05, 0) is 56.9 Å². The maximum atomic E-state index is 13.2. The van der Waals surface area contributed by atoms with Crippen molar-refractivity contribution in [2.75, 3.05) is 6.54 Å². The lowest BCUT2D eigenvalue weighted by molar-refractivity contribution is 0.0729. The largest absolute Gasteiger partial charge is 0.354 e. The number of Topliss-reactive ketones (excluding diaryl/α,β-unsaturated/α-hetero) is 1. The summed E-state index contributed by atoms with van der Waals surface area (Å²) in [7, 11) is 0. The van der Waals surface area contributed by atoms with E-state index in [1.807, 2.05) is 11.8 Å². The number of ketones is 1. The molecule has 1 amide bonds. The second-order valence-electron chi connectivity index (χ2n) is 6.39. The number of nitrogens with zero attached hydrogens (tertiary/aromatic N) is 1. The van der Waals surface area contributed by atoms with Crippen molar-refractivity contribution in [3.05, 3.63) is 58.2 Å². The zero-order chi connectivity index (χ0) is 17.4. The molecule has 3 rings (SSSR count). The summed E-state index contributed by atoms with van der Waals surface area (Å²) in [6.07, 6.45) is 1.77. The number of aromatic nitrogens is 1. The fourth-order valence-electron chi connectivity index (χ4n) is 3.68. The number of rotatable bonds is 3. The van der Waals surface area contributed by atoms with Crippen LogP contribution in [-0.4, -0.2) is 28.1 Å². The van der Waals surface area contributed by atoms with Crippen LogP contribution in [0.5, 0.6) is 0 Å². The standard InChI is InChI=1S/C19H21FN2O2/c1-11-17(13(3)23)12(2)21-18(11)19(24)22-10-4-5-16(22)14-6-8-15(20)9-7-14/h6-9,16,21H,4-5,10H2,1-3H3/t16-/m1/s1. The fourth-order valence-corrected chi connectivity index (χ4v) is 3.68. The van der Waals surface area contributed by atoms with Gasteiger partial charge in [-0.15, -0.1) is 0 Å². The Balaban J connectivity index is 1.93. The van der Waals surface area contributed by atoms with Crippen LogP contribution in [0.3, 0.4) is 0 Å². The third-order valence-corrected chi connectivity index (χ3v) is 4.77. The summed E-state index contributed by atoms with van der Waals surface area (Å²) in [5.74, 6) is -0.428. The first-order chi connectivity index (χ1) is 11.4. The summed E-state index contributed by atoms with van der Waals surface area (Å²) in [4.78, 5) is 29.7. The third-order valence-electron chi connectivity index (χ3n) is 4.77. The van der Waals surface area contributed by atoms with Gasteiger partial charge < -0.3 is 9.88 Å². The lowest BCUT2D eigenvalue weighted by Crippen LogP contribution is -2.31. The van der Waals surface area contributed by atoms with E-state index in [-0.39, 0.29) is 23.5 Å². The zero-order valence-corrected chi connectivity index (χ0v) is 14.1. The van der Waals surface area contributed by atoms with E-state index in [1.54, 1.807) is 19.1 Å². The van der Waals surface area contributed by atoms with Crippen LogP contribution in [0.1, 0.15) is 63.5 Å². The minimum Gasteiger partial charge on any atom is -0.354 e. The first-order valence-electron chi connectivity index (χ1n) is 8.16. The van der Waals surface area contributed by atoms with E-state index in [1.165, 1.54) is 19.1 Å². The van der Waals surface area contributed by atoms with Crippen LogP contribution in [0.15, 0.2) is 24.3 Å². The predicted molar refractivity (Wildman–Crippen MR) is 89.7 cm³/mol. The Morgan fingerprint density at radius 3 is 2.46 bits per heavy atom. The molecule has 4 nitrogen and oxygen atoms in total. The van der Waals surface area contributed by atoms with E-state index in [0.717, 1.165) is 24.1 Å². The summed E-state index contributed by atoms with van der Waals surface area (Å²) in [6.45, 7) is 5.78. The van der Waals surface area contributed by atoms with Gasteiger partial charge in [0.05, 0.1) is 6.04 Å². The molecule has 1 aromatic carbocycles. The van der Waals surface area contributed by atoms with E-state index < -0.39 is 0 Å². The Morgan fingerprint density at radius 1 is 1.21 bits per heavy atom. The molecule has 1 fully saturated rings. The number of aromatic amines is 1. The minimum absolute atomic E-state index is 0.0446. The molecule has 0 spiro atoms. The molecule has 24 heavy (non-hydrogen) atoms. The lowest BCUT2D eigenvalue weighted by Gasteiger charge is -2.25. The second-order valence-corrected chi connectivity index (χ2v) is 6.39. The molecule has 0 unspecified atom stereocenters. The van der Waals surface area contributed by atoms with E-state index in [2.05, 4.69) is 4.98 Å². The number of H-pyrrole nitrogens is 1. The van der Waals surface area contributed by atoms with Gasteiger partial charge in [0.15, 0.2) is 5.78 Å². The van der Waals surface area contributed by atoms with Gasteiger partial charge in [0, 0.05) is 17.8 Å². The van der Waals surface area contributed by atoms with Crippen LogP contribution in [0, 0.1) is 19.7 Å². The highest BCUT2D eigenvalue weighted by Gasteiger charge is 2.33. The summed E-state index contributed by atoms with van der Waals surface area (Å²) < 4.78 is 13.2. The minimum atomic E-state index is -0.281. The average Bonchev–Trinajstić information content (AvgIpc) is 3.12. The summed E-state index contributed by atoms with van der Waals surface area (Å²) in [5.41, 5.74) is 3.44. The van der Waals surface area contributed by atoms with E-state index in [4.69, 9.17) is 0 Å². The van der Waals surface area contributed by atoms with Crippen LogP contribution >= 0.6 is 0 Å². The Labute approximate surface area is 140 Å². The number of amides is 1. The molecule has 1 aliphatic rings. The highest BCUT2D eigenvalue weighted by atomic mass is 19.1. The summed E-state index contributed by atoms with van der Waals surface area (Å²) in [6, 6.07) is 6.27. The predicted octanol–water partition coefficient (Wildman–Crippen LogP) is 3.95. The Morgan fingerprint density at radius 2 is 1.88 bits per heavy atom. The van der Waals surface area contributed by atoms with E-state index in [0.29, 0.717) is 23.4 Å². The number of hydrogen-bond donors (Lipinski definition) is 1. The molecule has 126 valence electrons. The number of aryl methyl sites for hydroxylation is 1. The first kappa shape index (κ1) is 16.4. The molecule has 1 saturated heterocycles. The normalized spacial score (nSPS) is 17.3. The van der Waals surface area contributed by atoms with Crippen molar-refractivity contribution in [2.24, 2.45) is 0 Å². The van der Waals surface area contributed by atoms with E-state index in [9.17, 15) is 14.0 Å². The van der Waals surface area contributed by atoms with Crippen LogP contribution < -0.4 is 0 Å². The van der Waals surface area contributed by atoms with Crippen molar-refractivity contribution in [2.45, 2.75) is 39.7 Å². The lowest BCUT2D eigenvalue weighted by atomic mass is 10.0. The van der Waals surface area contributed by atoms with Crippen molar-refractivity contribution < 1.29 is 14.0 Å². The van der Waals surface area contributed by atoms with Gasteiger partial charge in [-0.3, -0.25) is 9.59 Å². The molecule has 0 radical (unpaired) electrons. The average molecular weight is 328 g/mol. The molecular formula is C19H21FN2O2. The van der Waals surface area contributed by atoms with Gasteiger partial charge in [0.1, 0.15) is 11.5 Å². The third kappa shape index (κ3) is 2.75. The topological polar surface area (TPSA) is 53.2 Å². The SMILES string of the molecule is CC(=O)c1c(C)[nH]c(C(=O)N2CCC[C@@H]2c2ccc(F)cc2)c1C. The van der Waals surface area contributed by atoms with Crippen molar-refractivity contribution in [3.8, 4) is 0 Å². The number of carbonyl (C=O) groups excluding carboxylic acids is 2. The number of benzene rings is 1.